The molecule has 0 atom stereocenters. The number of methoxy groups -OCH3 is 1. The summed E-state index contributed by atoms with van der Waals surface area (Å²) in [7, 11) is 1.41. The molecule has 2 nitrogen and oxygen atoms in total. The second kappa shape index (κ2) is 6.28. The van der Waals surface area contributed by atoms with Crippen molar-refractivity contribution in [3.05, 3.63) is 33.8 Å². The molecule has 82 valence electrons. The normalized spacial score (nSPS) is 10.1. The highest BCUT2D eigenvalue weighted by Crippen LogP contribution is 2.20. The molecule has 15 heavy (non-hydrogen) atoms. The van der Waals surface area contributed by atoms with Crippen LogP contribution in [0.3, 0.4) is 0 Å². The molecule has 0 heterocycles. The smallest absolute Gasteiger partial charge is 0.305 e. The Morgan fingerprint density at radius 1 is 1.40 bits per heavy atom. The van der Waals surface area contributed by atoms with Gasteiger partial charge in [0.25, 0.3) is 0 Å². The van der Waals surface area contributed by atoms with E-state index in [-0.39, 0.29) is 5.97 Å². The minimum absolute atomic E-state index is 0.171. The predicted octanol–water partition coefficient (Wildman–Crippen LogP) is 3.45. The molecule has 0 radical (unpaired) electrons. The molecule has 1 rings (SSSR count). The molecule has 0 spiro atoms. The molecule has 0 aliphatic carbocycles. The maximum Gasteiger partial charge on any atom is 0.305 e. The van der Waals surface area contributed by atoms with E-state index < -0.39 is 0 Å². The van der Waals surface area contributed by atoms with Crippen molar-refractivity contribution in [3.8, 4) is 0 Å². The van der Waals surface area contributed by atoms with E-state index >= 15 is 0 Å². The number of ether oxygens (including phenoxy) is 1. The molecule has 1 aromatic rings. The number of carbonyl (C=O) groups is 1. The third kappa shape index (κ3) is 3.95. The van der Waals surface area contributed by atoms with Crippen molar-refractivity contribution in [2.75, 3.05) is 7.11 Å². The summed E-state index contributed by atoms with van der Waals surface area (Å²) in [4.78, 5) is 11.0. The summed E-state index contributed by atoms with van der Waals surface area (Å²) in [6.45, 7) is 0. The molecule has 0 aromatic heterocycles. The van der Waals surface area contributed by atoms with Crippen molar-refractivity contribution >= 4 is 37.8 Å². The number of benzene rings is 1. The third-order valence-electron chi connectivity index (χ3n) is 2.14. The molecule has 0 bridgehead atoms. The van der Waals surface area contributed by atoms with Crippen LogP contribution in [0.2, 0.25) is 0 Å². The lowest BCUT2D eigenvalue weighted by molar-refractivity contribution is -0.140. The summed E-state index contributed by atoms with van der Waals surface area (Å²) in [5.41, 5.74) is 2.38. The van der Waals surface area contributed by atoms with Crippen LogP contribution in [-0.2, 0) is 21.3 Å². The Morgan fingerprint density at radius 3 is 2.73 bits per heavy atom. The number of hydrogen-bond acceptors (Lipinski definition) is 2. The van der Waals surface area contributed by atoms with Gasteiger partial charge in [0, 0.05) is 16.2 Å². The Hall–Kier alpha value is -0.350. The first-order chi connectivity index (χ1) is 7.17. The van der Waals surface area contributed by atoms with Gasteiger partial charge in [0.2, 0.25) is 0 Å². The molecule has 0 saturated heterocycles. The fourth-order valence-corrected chi connectivity index (χ4v) is 2.25. The first kappa shape index (κ1) is 12.7. The summed E-state index contributed by atoms with van der Waals surface area (Å²) in [5, 5.41) is 0.802. The SMILES string of the molecule is COC(=O)CCc1cc(Br)ccc1CBr. The van der Waals surface area contributed by atoms with Gasteiger partial charge < -0.3 is 4.74 Å². The third-order valence-corrected chi connectivity index (χ3v) is 3.24. The molecule has 0 aliphatic heterocycles. The maximum absolute atomic E-state index is 11.0. The van der Waals surface area contributed by atoms with Crippen LogP contribution in [0.5, 0.6) is 0 Å². The topological polar surface area (TPSA) is 26.3 Å². The molecule has 0 amide bonds. The van der Waals surface area contributed by atoms with Crippen molar-refractivity contribution in [3.63, 3.8) is 0 Å². The van der Waals surface area contributed by atoms with Gasteiger partial charge in [-0.2, -0.15) is 0 Å². The quantitative estimate of drug-likeness (QED) is 0.622. The van der Waals surface area contributed by atoms with Crippen LogP contribution in [0.4, 0.5) is 0 Å². The van der Waals surface area contributed by atoms with Gasteiger partial charge in [0.05, 0.1) is 7.11 Å². The van der Waals surface area contributed by atoms with Crippen molar-refractivity contribution in [1.82, 2.24) is 0 Å². The van der Waals surface area contributed by atoms with Gasteiger partial charge in [-0.1, -0.05) is 37.9 Å². The molecule has 0 fully saturated rings. The molecule has 0 unspecified atom stereocenters. The van der Waals surface area contributed by atoms with E-state index in [2.05, 4.69) is 36.6 Å². The van der Waals surface area contributed by atoms with Gasteiger partial charge in [-0.15, -0.1) is 0 Å². The zero-order valence-electron chi connectivity index (χ0n) is 8.43. The second-order valence-corrected chi connectivity index (χ2v) is 4.60. The van der Waals surface area contributed by atoms with Crippen LogP contribution in [-0.4, -0.2) is 13.1 Å². The number of rotatable bonds is 4. The minimum atomic E-state index is -0.171. The highest BCUT2D eigenvalue weighted by molar-refractivity contribution is 9.10. The second-order valence-electron chi connectivity index (χ2n) is 3.12. The fourth-order valence-electron chi connectivity index (χ4n) is 1.30. The van der Waals surface area contributed by atoms with Crippen molar-refractivity contribution in [2.45, 2.75) is 18.2 Å². The lowest BCUT2D eigenvalue weighted by Crippen LogP contribution is -2.03. The van der Waals surface area contributed by atoms with Crippen LogP contribution in [0.1, 0.15) is 17.5 Å². The summed E-state index contributed by atoms with van der Waals surface area (Å²) in [6, 6.07) is 6.09. The van der Waals surface area contributed by atoms with Crippen LogP contribution < -0.4 is 0 Å². The van der Waals surface area contributed by atoms with E-state index in [1.54, 1.807) is 0 Å². The van der Waals surface area contributed by atoms with Gasteiger partial charge in [-0.05, 0) is 29.7 Å². The highest BCUT2D eigenvalue weighted by Gasteiger charge is 2.06. The summed E-state index contributed by atoms with van der Waals surface area (Å²) < 4.78 is 5.65. The number of hydrogen-bond donors (Lipinski definition) is 0. The van der Waals surface area contributed by atoms with Crippen LogP contribution in [0.25, 0.3) is 0 Å². The molecule has 0 aliphatic rings. The van der Waals surface area contributed by atoms with Crippen molar-refractivity contribution in [2.24, 2.45) is 0 Å². The Bertz CT molecular complexity index is 350. The standard InChI is InChI=1S/C11H12Br2O2/c1-15-11(14)5-3-8-6-10(13)4-2-9(8)7-12/h2,4,6H,3,5,7H2,1H3. The zero-order valence-corrected chi connectivity index (χ0v) is 11.6. The van der Waals surface area contributed by atoms with Gasteiger partial charge in [0.15, 0.2) is 0 Å². The maximum atomic E-state index is 11.0. The Balaban J connectivity index is 2.74. The average molecular weight is 336 g/mol. The van der Waals surface area contributed by atoms with Gasteiger partial charge in [-0.25, -0.2) is 0 Å². The average Bonchev–Trinajstić information content (AvgIpc) is 2.26. The molecular formula is C11H12Br2O2. The summed E-state index contributed by atoms with van der Waals surface area (Å²) >= 11 is 6.84. The van der Waals surface area contributed by atoms with Gasteiger partial charge >= 0.3 is 5.97 Å². The number of carbonyl (C=O) groups excluding carboxylic acids is 1. The van der Waals surface area contributed by atoms with E-state index in [1.165, 1.54) is 18.2 Å². The summed E-state index contributed by atoms with van der Waals surface area (Å²) in [5.74, 6) is -0.171. The molecular weight excluding hydrogens is 324 g/mol. The van der Waals surface area contributed by atoms with Crippen LogP contribution >= 0.6 is 31.9 Å². The lowest BCUT2D eigenvalue weighted by atomic mass is 10.0. The lowest BCUT2D eigenvalue weighted by Gasteiger charge is -2.07. The van der Waals surface area contributed by atoms with E-state index in [0.717, 1.165) is 9.80 Å². The first-order valence-electron chi connectivity index (χ1n) is 4.57. The largest absolute Gasteiger partial charge is 0.469 e. The highest BCUT2D eigenvalue weighted by atomic mass is 79.9. The number of alkyl halides is 1. The monoisotopic (exact) mass is 334 g/mol. The Labute approximate surface area is 106 Å². The number of halogens is 2. The Kier molecular flexibility index (Phi) is 5.32. The molecule has 0 N–H and O–H groups in total. The van der Waals surface area contributed by atoms with E-state index in [0.29, 0.717) is 12.8 Å². The van der Waals surface area contributed by atoms with E-state index in [1.807, 2.05) is 18.2 Å². The summed E-state index contributed by atoms with van der Waals surface area (Å²) in [6.07, 6.45) is 1.14. The minimum Gasteiger partial charge on any atom is -0.469 e. The van der Waals surface area contributed by atoms with E-state index in [4.69, 9.17) is 0 Å². The predicted molar refractivity (Wildman–Crippen MR) is 67.1 cm³/mol. The molecule has 1 aromatic carbocycles. The van der Waals surface area contributed by atoms with Gasteiger partial charge in [-0.3, -0.25) is 4.79 Å². The Morgan fingerprint density at radius 2 is 2.13 bits per heavy atom. The van der Waals surface area contributed by atoms with Crippen LogP contribution in [0, 0.1) is 0 Å². The van der Waals surface area contributed by atoms with Crippen LogP contribution in [0.15, 0.2) is 22.7 Å². The zero-order chi connectivity index (χ0) is 11.3. The molecule has 4 heteroatoms. The van der Waals surface area contributed by atoms with Crippen molar-refractivity contribution in [1.29, 1.82) is 0 Å². The first-order valence-corrected chi connectivity index (χ1v) is 6.49. The molecule has 0 saturated carbocycles. The van der Waals surface area contributed by atoms with Crippen molar-refractivity contribution < 1.29 is 9.53 Å². The fraction of sp³-hybridized carbons (Fsp3) is 0.364. The number of esters is 1. The number of aryl methyl sites for hydroxylation is 1. The van der Waals surface area contributed by atoms with Gasteiger partial charge in [0.1, 0.15) is 0 Å². The van der Waals surface area contributed by atoms with E-state index in [9.17, 15) is 4.79 Å².